The number of nitrogens with zero attached hydrogens (tertiary/aromatic N) is 2. The van der Waals surface area contributed by atoms with Crippen LogP contribution in [0.15, 0.2) is 0 Å². The summed E-state index contributed by atoms with van der Waals surface area (Å²) in [5.74, 6) is 0.725. The molecule has 0 radical (unpaired) electrons. The van der Waals surface area contributed by atoms with Crippen molar-refractivity contribution in [3.8, 4) is 0 Å². The van der Waals surface area contributed by atoms with Gasteiger partial charge in [0.05, 0.1) is 10.7 Å². The molecule has 0 aromatic carbocycles. The molecule has 1 amide bonds. The van der Waals surface area contributed by atoms with Crippen LogP contribution in [0, 0.1) is 6.92 Å². The van der Waals surface area contributed by atoms with E-state index in [1.165, 1.54) is 30.7 Å². The molecule has 3 rings (SSSR count). The first-order chi connectivity index (χ1) is 9.65. The Bertz CT molecular complexity index is 493. The maximum absolute atomic E-state index is 12.6. The topological polar surface area (TPSA) is 59.2 Å². The van der Waals surface area contributed by atoms with Crippen molar-refractivity contribution in [2.75, 3.05) is 13.1 Å². The third-order valence-electron chi connectivity index (χ3n) is 4.46. The predicted octanol–water partition coefficient (Wildman–Crippen LogP) is 2.67. The van der Waals surface area contributed by atoms with Crippen molar-refractivity contribution in [2.24, 2.45) is 5.73 Å². The van der Waals surface area contributed by atoms with Crippen LogP contribution in [0.3, 0.4) is 0 Å². The second-order valence-corrected chi connectivity index (χ2v) is 7.13. The first kappa shape index (κ1) is 14.0. The average molecular weight is 293 g/mol. The molecule has 1 aliphatic heterocycles. The van der Waals surface area contributed by atoms with Crippen molar-refractivity contribution in [1.29, 1.82) is 0 Å². The highest BCUT2D eigenvalue weighted by Gasteiger charge is 2.28. The van der Waals surface area contributed by atoms with Gasteiger partial charge in [-0.05, 0) is 32.6 Å². The van der Waals surface area contributed by atoms with E-state index in [4.69, 9.17) is 5.73 Å². The minimum absolute atomic E-state index is 0.134. The molecule has 0 spiro atoms. The lowest BCUT2D eigenvalue weighted by atomic mass is 10.1. The van der Waals surface area contributed by atoms with Crippen LogP contribution in [-0.4, -0.2) is 34.9 Å². The van der Waals surface area contributed by atoms with E-state index in [2.05, 4.69) is 4.98 Å². The van der Waals surface area contributed by atoms with Gasteiger partial charge in [0, 0.05) is 25.0 Å². The molecular formula is C15H23N3OS. The predicted molar refractivity (Wildman–Crippen MR) is 81.2 cm³/mol. The monoisotopic (exact) mass is 293 g/mol. The zero-order valence-corrected chi connectivity index (χ0v) is 12.9. The summed E-state index contributed by atoms with van der Waals surface area (Å²) < 4.78 is 0. The Hall–Kier alpha value is -0.940. The number of aromatic nitrogens is 1. The number of nitrogens with two attached hydrogens (primary N) is 1. The molecule has 1 unspecified atom stereocenters. The zero-order chi connectivity index (χ0) is 14.1. The van der Waals surface area contributed by atoms with Crippen LogP contribution in [-0.2, 0) is 0 Å². The molecule has 2 aliphatic rings. The maximum Gasteiger partial charge on any atom is 0.265 e. The number of hydrogen-bond donors (Lipinski definition) is 1. The number of likely N-dealkylation sites (tertiary alicyclic amines) is 1. The fraction of sp³-hybridized carbons (Fsp3) is 0.733. The fourth-order valence-electron chi connectivity index (χ4n) is 3.30. The summed E-state index contributed by atoms with van der Waals surface area (Å²) in [5, 5.41) is 1.17. The standard InChI is InChI=1S/C15H23N3OS/c1-10-13(15(19)18-8-4-7-12(16)9-18)20-14(17-10)11-5-2-3-6-11/h11-12H,2-9,16H2,1H3. The molecular weight excluding hydrogens is 270 g/mol. The number of carbonyl (C=O) groups is 1. The number of carbonyl (C=O) groups excluding carboxylic acids is 1. The second-order valence-electron chi connectivity index (χ2n) is 6.10. The van der Waals surface area contributed by atoms with Crippen LogP contribution in [0.25, 0.3) is 0 Å². The number of thiazole rings is 1. The third kappa shape index (κ3) is 2.74. The van der Waals surface area contributed by atoms with E-state index in [0.29, 0.717) is 12.5 Å². The molecule has 110 valence electrons. The number of aryl methyl sites for hydroxylation is 1. The van der Waals surface area contributed by atoms with Crippen molar-refractivity contribution in [1.82, 2.24) is 9.88 Å². The molecule has 2 N–H and O–H groups in total. The van der Waals surface area contributed by atoms with Crippen molar-refractivity contribution in [2.45, 2.75) is 57.4 Å². The van der Waals surface area contributed by atoms with Crippen LogP contribution in [0.4, 0.5) is 0 Å². The molecule has 0 bridgehead atoms. The third-order valence-corrected chi connectivity index (χ3v) is 5.76. The molecule has 2 fully saturated rings. The lowest BCUT2D eigenvalue weighted by molar-refractivity contribution is 0.0713. The summed E-state index contributed by atoms with van der Waals surface area (Å²) in [4.78, 5) is 20.0. The van der Waals surface area contributed by atoms with Crippen LogP contribution in [0.1, 0.15) is 64.8 Å². The second kappa shape index (κ2) is 5.82. The molecule has 1 aromatic rings. The SMILES string of the molecule is Cc1nc(C2CCCC2)sc1C(=O)N1CCCC(N)C1. The molecule has 1 saturated heterocycles. The highest BCUT2D eigenvalue weighted by molar-refractivity contribution is 7.13. The Kier molecular flexibility index (Phi) is 4.08. The molecule has 20 heavy (non-hydrogen) atoms. The van der Waals surface area contributed by atoms with Gasteiger partial charge < -0.3 is 10.6 Å². The van der Waals surface area contributed by atoms with Gasteiger partial charge in [0.2, 0.25) is 0 Å². The average Bonchev–Trinajstić information content (AvgIpc) is 3.07. The quantitative estimate of drug-likeness (QED) is 0.912. The number of amides is 1. The summed E-state index contributed by atoms with van der Waals surface area (Å²) >= 11 is 1.62. The highest BCUT2D eigenvalue weighted by Crippen LogP contribution is 2.37. The van der Waals surface area contributed by atoms with Crippen molar-refractivity contribution in [3.05, 3.63) is 15.6 Å². The lowest BCUT2D eigenvalue weighted by Gasteiger charge is -2.30. The Morgan fingerprint density at radius 3 is 2.75 bits per heavy atom. The van der Waals surface area contributed by atoms with E-state index in [-0.39, 0.29) is 11.9 Å². The Balaban J connectivity index is 1.77. The summed E-state index contributed by atoms with van der Waals surface area (Å²) in [5.41, 5.74) is 6.88. The van der Waals surface area contributed by atoms with Crippen LogP contribution in [0.2, 0.25) is 0 Å². The van der Waals surface area contributed by atoms with Gasteiger partial charge in [0.1, 0.15) is 4.88 Å². The molecule has 4 nitrogen and oxygen atoms in total. The van der Waals surface area contributed by atoms with Gasteiger partial charge in [-0.25, -0.2) is 4.98 Å². The van der Waals surface area contributed by atoms with Gasteiger partial charge in [0.15, 0.2) is 0 Å². The van der Waals surface area contributed by atoms with Crippen molar-refractivity contribution < 1.29 is 4.79 Å². The van der Waals surface area contributed by atoms with Crippen molar-refractivity contribution in [3.63, 3.8) is 0 Å². The van der Waals surface area contributed by atoms with Crippen LogP contribution < -0.4 is 5.73 Å². The molecule has 1 atom stereocenters. The summed E-state index contributed by atoms with van der Waals surface area (Å²) in [6, 6.07) is 0.134. The van der Waals surface area contributed by atoms with E-state index < -0.39 is 0 Å². The molecule has 1 aliphatic carbocycles. The van der Waals surface area contributed by atoms with E-state index in [0.717, 1.165) is 30.0 Å². The largest absolute Gasteiger partial charge is 0.336 e. The van der Waals surface area contributed by atoms with Crippen molar-refractivity contribution >= 4 is 17.2 Å². The number of rotatable bonds is 2. The first-order valence-corrected chi connectivity index (χ1v) is 8.49. The molecule has 5 heteroatoms. The van der Waals surface area contributed by atoms with E-state index >= 15 is 0 Å². The number of hydrogen-bond acceptors (Lipinski definition) is 4. The minimum atomic E-state index is 0.134. The maximum atomic E-state index is 12.6. The number of piperidine rings is 1. The minimum Gasteiger partial charge on any atom is -0.336 e. The lowest BCUT2D eigenvalue weighted by Crippen LogP contribution is -2.45. The van der Waals surface area contributed by atoms with Crippen LogP contribution >= 0.6 is 11.3 Å². The van der Waals surface area contributed by atoms with Gasteiger partial charge in [-0.15, -0.1) is 11.3 Å². The zero-order valence-electron chi connectivity index (χ0n) is 12.1. The van der Waals surface area contributed by atoms with E-state index in [1.807, 2.05) is 11.8 Å². The fourth-order valence-corrected chi connectivity index (χ4v) is 4.50. The van der Waals surface area contributed by atoms with Gasteiger partial charge in [0.25, 0.3) is 5.91 Å². The Labute approximate surface area is 124 Å². The highest BCUT2D eigenvalue weighted by atomic mass is 32.1. The summed E-state index contributed by atoms with van der Waals surface area (Å²) in [7, 11) is 0. The van der Waals surface area contributed by atoms with Gasteiger partial charge >= 0.3 is 0 Å². The van der Waals surface area contributed by atoms with E-state index in [1.54, 1.807) is 11.3 Å². The van der Waals surface area contributed by atoms with Gasteiger partial charge in [-0.3, -0.25) is 4.79 Å². The Morgan fingerprint density at radius 1 is 1.30 bits per heavy atom. The first-order valence-electron chi connectivity index (χ1n) is 7.67. The smallest absolute Gasteiger partial charge is 0.265 e. The molecule has 1 aromatic heterocycles. The summed E-state index contributed by atoms with van der Waals surface area (Å²) in [6.07, 6.45) is 7.10. The Morgan fingerprint density at radius 2 is 2.05 bits per heavy atom. The normalized spacial score (nSPS) is 24.3. The van der Waals surface area contributed by atoms with Gasteiger partial charge in [-0.1, -0.05) is 12.8 Å². The molecule has 2 heterocycles. The van der Waals surface area contributed by atoms with E-state index in [9.17, 15) is 4.79 Å². The molecule has 1 saturated carbocycles. The van der Waals surface area contributed by atoms with Crippen LogP contribution in [0.5, 0.6) is 0 Å². The summed E-state index contributed by atoms with van der Waals surface area (Å²) in [6.45, 7) is 3.49. The van der Waals surface area contributed by atoms with Gasteiger partial charge in [-0.2, -0.15) is 0 Å².